The predicted molar refractivity (Wildman–Crippen MR) is 72.3 cm³/mol. The van der Waals surface area contributed by atoms with Crippen molar-refractivity contribution in [2.24, 2.45) is 0 Å². The van der Waals surface area contributed by atoms with Crippen LogP contribution in [0.25, 0.3) is 11.0 Å². The highest BCUT2D eigenvalue weighted by molar-refractivity contribution is 5.86. The number of fused-ring (bicyclic) bond motifs is 1. The van der Waals surface area contributed by atoms with E-state index in [0.29, 0.717) is 29.6 Å². The molecule has 0 saturated carbocycles. The number of nitro groups is 1. The Morgan fingerprint density at radius 3 is 2.95 bits per heavy atom. The summed E-state index contributed by atoms with van der Waals surface area (Å²) in [4.78, 5) is 17.1. The van der Waals surface area contributed by atoms with Crippen molar-refractivity contribution in [3.8, 4) is 0 Å². The minimum absolute atomic E-state index is 0.105. The maximum Gasteiger partial charge on any atom is 0.296 e. The molecule has 2 unspecified atom stereocenters. The van der Waals surface area contributed by atoms with Gasteiger partial charge in [-0.1, -0.05) is 0 Å². The van der Waals surface area contributed by atoms with E-state index in [1.54, 1.807) is 7.05 Å². The van der Waals surface area contributed by atoms with Crippen molar-refractivity contribution in [2.75, 3.05) is 13.6 Å². The predicted octanol–water partition coefficient (Wildman–Crippen LogP) is 0.475. The van der Waals surface area contributed by atoms with Crippen molar-refractivity contribution in [3.05, 3.63) is 34.1 Å². The number of aromatic amines is 1. The van der Waals surface area contributed by atoms with Gasteiger partial charge in [0.1, 0.15) is 11.8 Å². The molecule has 0 radical (unpaired) electrons. The van der Waals surface area contributed by atoms with Gasteiger partial charge in [-0.2, -0.15) is 0 Å². The molecular formula is C12H16N4O4. The molecule has 8 nitrogen and oxygen atoms in total. The summed E-state index contributed by atoms with van der Waals surface area (Å²) in [6, 6.07) is 1.48. The lowest BCUT2D eigenvalue weighted by molar-refractivity contribution is -0.383. The summed E-state index contributed by atoms with van der Waals surface area (Å²) in [5.74, 6) is 0. The van der Waals surface area contributed by atoms with Crippen molar-refractivity contribution >= 4 is 16.7 Å². The molecule has 0 aromatic carbocycles. The third kappa shape index (κ3) is 2.77. The van der Waals surface area contributed by atoms with Crippen LogP contribution in [0.4, 0.5) is 5.69 Å². The molecule has 2 aromatic rings. The van der Waals surface area contributed by atoms with Gasteiger partial charge in [0, 0.05) is 11.8 Å². The van der Waals surface area contributed by atoms with Crippen LogP contribution in [0.1, 0.15) is 18.1 Å². The number of rotatable bonds is 6. The summed E-state index contributed by atoms with van der Waals surface area (Å²) in [5, 5.41) is 33.9. The standard InChI is InChI=1S/C12H16N4O4/c1-13-3-2-10(17)11(18)7-4-8-9(16(19)20)6-15-12(8)14-5-7/h4-6,10-11,13,17-18H,2-3H2,1H3,(H,14,15). The quantitative estimate of drug-likeness (QED) is 0.450. The Morgan fingerprint density at radius 2 is 2.30 bits per heavy atom. The number of nitrogens with one attached hydrogen (secondary N) is 2. The van der Waals surface area contributed by atoms with Gasteiger partial charge in [0.05, 0.1) is 22.6 Å². The van der Waals surface area contributed by atoms with Crippen molar-refractivity contribution in [1.29, 1.82) is 0 Å². The Balaban J connectivity index is 2.30. The summed E-state index contributed by atoms with van der Waals surface area (Å²) in [7, 11) is 1.75. The molecule has 2 rings (SSSR count). The lowest BCUT2D eigenvalue weighted by Gasteiger charge is -2.17. The van der Waals surface area contributed by atoms with Crippen LogP contribution in [-0.4, -0.2) is 44.8 Å². The highest BCUT2D eigenvalue weighted by Gasteiger charge is 2.21. The van der Waals surface area contributed by atoms with Crippen molar-refractivity contribution in [2.45, 2.75) is 18.6 Å². The van der Waals surface area contributed by atoms with Crippen molar-refractivity contribution < 1.29 is 15.1 Å². The minimum atomic E-state index is -1.13. The fourth-order valence-corrected chi connectivity index (χ4v) is 1.99. The monoisotopic (exact) mass is 280 g/mol. The number of pyridine rings is 1. The van der Waals surface area contributed by atoms with E-state index in [1.165, 1.54) is 18.5 Å². The van der Waals surface area contributed by atoms with Crippen LogP contribution in [-0.2, 0) is 0 Å². The van der Waals surface area contributed by atoms with E-state index < -0.39 is 17.1 Å². The second kappa shape index (κ2) is 5.95. The molecule has 2 atom stereocenters. The zero-order valence-corrected chi connectivity index (χ0v) is 10.9. The highest BCUT2D eigenvalue weighted by Crippen LogP contribution is 2.27. The van der Waals surface area contributed by atoms with Crippen LogP contribution >= 0.6 is 0 Å². The van der Waals surface area contributed by atoms with E-state index in [4.69, 9.17) is 0 Å². The first-order chi connectivity index (χ1) is 9.54. The lowest BCUT2D eigenvalue weighted by atomic mass is 10.0. The summed E-state index contributed by atoms with van der Waals surface area (Å²) in [5.41, 5.74) is 0.618. The summed E-state index contributed by atoms with van der Waals surface area (Å²) < 4.78 is 0. The SMILES string of the molecule is CNCCC(O)C(O)c1cnc2[nH]cc([N+](=O)[O-])c2c1. The van der Waals surface area contributed by atoms with Crippen LogP contribution in [0.3, 0.4) is 0 Å². The van der Waals surface area contributed by atoms with Gasteiger partial charge in [-0.15, -0.1) is 0 Å². The van der Waals surface area contributed by atoms with Gasteiger partial charge in [-0.05, 0) is 26.1 Å². The first-order valence-corrected chi connectivity index (χ1v) is 6.16. The summed E-state index contributed by atoms with van der Waals surface area (Å²) >= 11 is 0. The summed E-state index contributed by atoms with van der Waals surface area (Å²) in [6.07, 6.45) is 0.931. The van der Waals surface area contributed by atoms with Gasteiger partial charge in [-0.3, -0.25) is 10.1 Å². The Morgan fingerprint density at radius 1 is 1.55 bits per heavy atom. The molecule has 0 aliphatic carbocycles. The molecule has 0 bridgehead atoms. The normalized spacial score (nSPS) is 14.3. The molecule has 0 amide bonds. The van der Waals surface area contributed by atoms with Crippen molar-refractivity contribution in [3.63, 3.8) is 0 Å². The van der Waals surface area contributed by atoms with Crippen LogP contribution in [0.2, 0.25) is 0 Å². The Hall–Kier alpha value is -2.03. The second-order valence-electron chi connectivity index (χ2n) is 4.50. The molecule has 2 aromatic heterocycles. The van der Waals surface area contributed by atoms with E-state index in [-0.39, 0.29) is 5.69 Å². The maximum atomic E-state index is 10.9. The zero-order valence-electron chi connectivity index (χ0n) is 10.9. The van der Waals surface area contributed by atoms with Gasteiger partial charge in [0.25, 0.3) is 5.69 Å². The first kappa shape index (κ1) is 14.4. The number of aliphatic hydroxyl groups excluding tert-OH is 2. The molecular weight excluding hydrogens is 264 g/mol. The Kier molecular flexibility index (Phi) is 4.28. The number of hydrogen-bond acceptors (Lipinski definition) is 6. The van der Waals surface area contributed by atoms with Crippen LogP contribution in [0, 0.1) is 10.1 Å². The van der Waals surface area contributed by atoms with E-state index in [1.807, 2.05) is 0 Å². The minimum Gasteiger partial charge on any atom is -0.390 e. The van der Waals surface area contributed by atoms with Gasteiger partial charge in [0.15, 0.2) is 0 Å². The van der Waals surface area contributed by atoms with Crippen LogP contribution in [0.15, 0.2) is 18.5 Å². The topological polar surface area (TPSA) is 124 Å². The van der Waals surface area contributed by atoms with E-state index in [9.17, 15) is 20.3 Å². The third-order valence-electron chi connectivity index (χ3n) is 3.12. The molecule has 108 valence electrons. The second-order valence-corrected chi connectivity index (χ2v) is 4.50. The lowest BCUT2D eigenvalue weighted by Crippen LogP contribution is -2.23. The fourth-order valence-electron chi connectivity index (χ4n) is 1.99. The number of hydrogen-bond donors (Lipinski definition) is 4. The molecule has 4 N–H and O–H groups in total. The zero-order chi connectivity index (χ0) is 14.7. The average Bonchev–Trinajstić information content (AvgIpc) is 2.86. The molecule has 8 heteroatoms. The summed E-state index contributed by atoms with van der Waals surface area (Å²) in [6.45, 7) is 0.554. The number of aromatic nitrogens is 2. The smallest absolute Gasteiger partial charge is 0.296 e. The van der Waals surface area contributed by atoms with E-state index >= 15 is 0 Å². The average molecular weight is 280 g/mol. The molecule has 0 fully saturated rings. The van der Waals surface area contributed by atoms with Crippen LogP contribution in [0.5, 0.6) is 0 Å². The molecule has 20 heavy (non-hydrogen) atoms. The first-order valence-electron chi connectivity index (χ1n) is 6.16. The maximum absolute atomic E-state index is 10.9. The molecule has 0 saturated heterocycles. The van der Waals surface area contributed by atoms with Gasteiger partial charge in [-0.25, -0.2) is 4.98 Å². The fraction of sp³-hybridized carbons (Fsp3) is 0.417. The highest BCUT2D eigenvalue weighted by atomic mass is 16.6. The Bertz CT molecular complexity index is 613. The molecule has 0 aliphatic rings. The number of aliphatic hydroxyl groups is 2. The van der Waals surface area contributed by atoms with Gasteiger partial charge < -0.3 is 20.5 Å². The number of H-pyrrole nitrogens is 1. The third-order valence-corrected chi connectivity index (χ3v) is 3.12. The van der Waals surface area contributed by atoms with Crippen LogP contribution < -0.4 is 5.32 Å². The van der Waals surface area contributed by atoms with Crippen molar-refractivity contribution in [1.82, 2.24) is 15.3 Å². The van der Waals surface area contributed by atoms with Gasteiger partial charge >= 0.3 is 0 Å². The largest absolute Gasteiger partial charge is 0.390 e. The Labute approximate surface area is 114 Å². The van der Waals surface area contributed by atoms with E-state index in [0.717, 1.165) is 0 Å². The number of nitrogens with zero attached hydrogens (tertiary/aromatic N) is 2. The molecule has 0 aliphatic heterocycles. The molecule has 2 heterocycles. The van der Waals surface area contributed by atoms with Gasteiger partial charge in [0.2, 0.25) is 0 Å². The molecule has 0 spiro atoms. The van der Waals surface area contributed by atoms with E-state index in [2.05, 4.69) is 15.3 Å².